The molecule has 0 aliphatic heterocycles. The molecular formula is C19H17N3O2. The lowest BCUT2D eigenvalue weighted by atomic mass is 10.1. The van der Waals surface area contributed by atoms with Crippen LogP contribution in [0, 0.1) is 0 Å². The van der Waals surface area contributed by atoms with Crippen molar-refractivity contribution in [2.24, 2.45) is 10.2 Å². The van der Waals surface area contributed by atoms with Gasteiger partial charge < -0.3 is 10.0 Å². The van der Waals surface area contributed by atoms with Gasteiger partial charge in [-0.1, -0.05) is 24.3 Å². The van der Waals surface area contributed by atoms with Gasteiger partial charge in [-0.05, 0) is 36.4 Å². The first-order chi connectivity index (χ1) is 11.6. The molecule has 24 heavy (non-hydrogen) atoms. The van der Waals surface area contributed by atoms with Crippen molar-refractivity contribution in [2.75, 3.05) is 19.0 Å². The number of nitrogens with zero attached hydrogens (tertiary/aromatic N) is 3. The Morgan fingerprint density at radius 2 is 1.54 bits per heavy atom. The summed E-state index contributed by atoms with van der Waals surface area (Å²) in [6, 6.07) is 18.3. The first-order valence-electron chi connectivity index (χ1n) is 7.50. The summed E-state index contributed by atoms with van der Waals surface area (Å²) >= 11 is 0. The van der Waals surface area contributed by atoms with Gasteiger partial charge in [0, 0.05) is 30.6 Å². The third-order valence-corrected chi connectivity index (χ3v) is 3.75. The number of anilines is 1. The van der Waals surface area contributed by atoms with Gasteiger partial charge in [0.1, 0.15) is 0 Å². The van der Waals surface area contributed by atoms with E-state index in [2.05, 4.69) is 21.2 Å². The molecule has 0 aromatic heterocycles. The molecule has 0 aliphatic carbocycles. The van der Waals surface area contributed by atoms with Gasteiger partial charge in [0.25, 0.3) is 0 Å². The summed E-state index contributed by atoms with van der Waals surface area (Å²) in [5.41, 5.74) is 2.74. The van der Waals surface area contributed by atoms with Crippen LogP contribution in [0.4, 0.5) is 17.1 Å². The quantitative estimate of drug-likeness (QED) is 0.687. The average Bonchev–Trinajstić information content (AvgIpc) is 2.59. The topological polar surface area (TPSA) is 65.3 Å². The summed E-state index contributed by atoms with van der Waals surface area (Å²) in [7, 11) is 4.01. The number of rotatable bonds is 4. The maximum absolute atomic E-state index is 10.9. The van der Waals surface area contributed by atoms with Crippen molar-refractivity contribution in [1.82, 2.24) is 0 Å². The largest absolute Gasteiger partial charge is 0.478 e. The summed E-state index contributed by atoms with van der Waals surface area (Å²) < 4.78 is 0. The fourth-order valence-corrected chi connectivity index (χ4v) is 2.53. The Morgan fingerprint density at radius 3 is 2.17 bits per heavy atom. The lowest BCUT2D eigenvalue weighted by Crippen LogP contribution is -2.08. The highest BCUT2D eigenvalue weighted by Crippen LogP contribution is 2.33. The van der Waals surface area contributed by atoms with Gasteiger partial charge in [-0.15, -0.1) is 5.11 Å². The molecule has 3 aromatic carbocycles. The van der Waals surface area contributed by atoms with E-state index in [0.717, 1.165) is 22.1 Å². The van der Waals surface area contributed by atoms with Crippen molar-refractivity contribution in [3.8, 4) is 0 Å². The standard InChI is InChI=1S/C19H17N3O2/c1-22(2)18-12-11-17(15-5-3-4-6-16(15)18)21-20-14-9-7-13(8-10-14)19(23)24/h3-12H,1-2H3,(H,23,24). The van der Waals surface area contributed by atoms with Crippen LogP contribution in [0.2, 0.25) is 0 Å². The molecular weight excluding hydrogens is 302 g/mol. The fraction of sp³-hybridized carbons (Fsp3) is 0.105. The highest BCUT2D eigenvalue weighted by Gasteiger charge is 2.07. The minimum absolute atomic E-state index is 0.231. The number of azo groups is 1. The van der Waals surface area contributed by atoms with Crippen LogP contribution >= 0.6 is 0 Å². The van der Waals surface area contributed by atoms with Crippen molar-refractivity contribution in [1.29, 1.82) is 0 Å². The van der Waals surface area contributed by atoms with E-state index in [1.807, 2.05) is 44.4 Å². The van der Waals surface area contributed by atoms with Crippen molar-refractivity contribution in [3.63, 3.8) is 0 Å². The molecule has 0 aliphatic rings. The second kappa shape index (κ2) is 6.50. The second-order valence-electron chi connectivity index (χ2n) is 5.60. The van der Waals surface area contributed by atoms with Gasteiger partial charge in [-0.2, -0.15) is 5.11 Å². The third kappa shape index (κ3) is 3.10. The van der Waals surface area contributed by atoms with Gasteiger partial charge in [-0.3, -0.25) is 0 Å². The Kier molecular flexibility index (Phi) is 4.24. The van der Waals surface area contributed by atoms with Gasteiger partial charge in [0.2, 0.25) is 0 Å². The van der Waals surface area contributed by atoms with E-state index in [1.165, 1.54) is 12.1 Å². The van der Waals surface area contributed by atoms with Crippen molar-refractivity contribution >= 4 is 33.8 Å². The van der Waals surface area contributed by atoms with Crippen LogP contribution in [-0.4, -0.2) is 25.2 Å². The van der Waals surface area contributed by atoms with E-state index < -0.39 is 5.97 Å². The van der Waals surface area contributed by atoms with Crippen molar-refractivity contribution < 1.29 is 9.90 Å². The van der Waals surface area contributed by atoms with Crippen LogP contribution in [0.3, 0.4) is 0 Å². The molecule has 0 saturated heterocycles. The first kappa shape index (κ1) is 15.7. The van der Waals surface area contributed by atoms with Crippen LogP contribution in [0.5, 0.6) is 0 Å². The number of hydrogen-bond acceptors (Lipinski definition) is 4. The molecule has 0 radical (unpaired) electrons. The molecule has 0 amide bonds. The lowest BCUT2D eigenvalue weighted by molar-refractivity contribution is 0.0697. The SMILES string of the molecule is CN(C)c1ccc(N=Nc2ccc(C(=O)O)cc2)c2ccccc12. The van der Waals surface area contributed by atoms with Crippen molar-refractivity contribution in [3.05, 3.63) is 66.2 Å². The van der Waals surface area contributed by atoms with Crippen LogP contribution in [0.1, 0.15) is 10.4 Å². The first-order valence-corrected chi connectivity index (χ1v) is 7.50. The van der Waals surface area contributed by atoms with E-state index in [4.69, 9.17) is 5.11 Å². The number of fused-ring (bicyclic) bond motifs is 1. The highest BCUT2D eigenvalue weighted by molar-refractivity contribution is 6.01. The molecule has 0 spiro atoms. The zero-order valence-corrected chi connectivity index (χ0v) is 13.5. The van der Waals surface area contributed by atoms with E-state index in [0.29, 0.717) is 5.69 Å². The maximum atomic E-state index is 10.9. The summed E-state index contributed by atoms with van der Waals surface area (Å²) in [4.78, 5) is 12.9. The molecule has 0 heterocycles. The number of carboxylic acid groups (broad SMARTS) is 1. The molecule has 0 bridgehead atoms. The minimum atomic E-state index is -0.955. The molecule has 120 valence electrons. The third-order valence-electron chi connectivity index (χ3n) is 3.75. The van der Waals surface area contributed by atoms with Gasteiger partial charge in [0.05, 0.1) is 16.9 Å². The predicted molar refractivity (Wildman–Crippen MR) is 95.9 cm³/mol. The average molecular weight is 319 g/mol. The summed E-state index contributed by atoms with van der Waals surface area (Å²) in [5, 5.41) is 19.6. The maximum Gasteiger partial charge on any atom is 0.335 e. The molecule has 0 fully saturated rings. The van der Waals surface area contributed by atoms with Crippen LogP contribution in [0.15, 0.2) is 70.9 Å². The molecule has 5 heteroatoms. The number of benzene rings is 3. The summed E-state index contributed by atoms with van der Waals surface area (Å²) in [5.74, 6) is -0.955. The number of carboxylic acids is 1. The number of aromatic carboxylic acids is 1. The molecule has 1 N–H and O–H groups in total. The molecule has 0 saturated carbocycles. The molecule has 0 atom stereocenters. The van der Waals surface area contributed by atoms with Crippen molar-refractivity contribution in [2.45, 2.75) is 0 Å². The lowest BCUT2D eigenvalue weighted by Gasteiger charge is -2.16. The zero-order valence-electron chi connectivity index (χ0n) is 13.5. The smallest absolute Gasteiger partial charge is 0.335 e. The fourth-order valence-electron chi connectivity index (χ4n) is 2.53. The van der Waals surface area contributed by atoms with Crippen LogP contribution in [-0.2, 0) is 0 Å². The Morgan fingerprint density at radius 1 is 0.875 bits per heavy atom. The van der Waals surface area contributed by atoms with Crippen LogP contribution in [0.25, 0.3) is 10.8 Å². The zero-order chi connectivity index (χ0) is 17.1. The van der Waals surface area contributed by atoms with Gasteiger partial charge >= 0.3 is 5.97 Å². The van der Waals surface area contributed by atoms with E-state index in [1.54, 1.807) is 12.1 Å². The number of carbonyl (C=O) groups is 1. The minimum Gasteiger partial charge on any atom is -0.478 e. The van der Waals surface area contributed by atoms with Crippen LogP contribution < -0.4 is 4.90 Å². The van der Waals surface area contributed by atoms with E-state index in [9.17, 15) is 4.79 Å². The van der Waals surface area contributed by atoms with Gasteiger partial charge in [-0.25, -0.2) is 4.79 Å². The second-order valence-corrected chi connectivity index (χ2v) is 5.60. The molecule has 3 aromatic rings. The molecule has 5 nitrogen and oxygen atoms in total. The summed E-state index contributed by atoms with van der Waals surface area (Å²) in [6.07, 6.45) is 0. The Hall–Kier alpha value is -3.21. The monoisotopic (exact) mass is 319 g/mol. The summed E-state index contributed by atoms with van der Waals surface area (Å²) in [6.45, 7) is 0. The molecule has 3 rings (SSSR count). The number of hydrogen-bond donors (Lipinski definition) is 1. The Labute approximate surface area is 139 Å². The van der Waals surface area contributed by atoms with E-state index >= 15 is 0 Å². The normalized spacial score (nSPS) is 11.1. The Balaban J connectivity index is 1.98. The molecule has 0 unspecified atom stereocenters. The predicted octanol–water partition coefficient (Wildman–Crippen LogP) is 5.02. The highest BCUT2D eigenvalue weighted by atomic mass is 16.4. The van der Waals surface area contributed by atoms with Gasteiger partial charge in [0.15, 0.2) is 0 Å². The van der Waals surface area contributed by atoms with E-state index in [-0.39, 0.29) is 5.56 Å². The Bertz CT molecular complexity index is 916.